The Labute approximate surface area is 161 Å². The standard InChI is InChI=1S/C20H21N5O3/c1-13-4-9-19(26)25(23-13)16-7-5-15(6-8-16)22-20(27)17-11-18(28-24-17)14-3-2-10-21-12-14/h2-4,9-12,15-16H,5-8H2,1H3,(H,22,27). The normalized spacial score (nSPS) is 19.3. The molecule has 3 aromatic heterocycles. The highest BCUT2D eigenvalue weighted by molar-refractivity contribution is 5.93. The summed E-state index contributed by atoms with van der Waals surface area (Å²) >= 11 is 0. The van der Waals surface area contributed by atoms with Crippen LogP contribution in [0.5, 0.6) is 0 Å². The molecule has 0 aromatic carbocycles. The molecule has 0 saturated heterocycles. The molecule has 144 valence electrons. The van der Waals surface area contributed by atoms with Crippen LogP contribution in [0.1, 0.15) is 47.9 Å². The van der Waals surface area contributed by atoms with E-state index < -0.39 is 0 Å². The van der Waals surface area contributed by atoms with E-state index in [1.807, 2.05) is 13.0 Å². The zero-order chi connectivity index (χ0) is 19.5. The molecule has 1 amide bonds. The van der Waals surface area contributed by atoms with E-state index in [1.165, 1.54) is 0 Å². The van der Waals surface area contributed by atoms with Crippen molar-refractivity contribution in [1.29, 1.82) is 0 Å². The summed E-state index contributed by atoms with van der Waals surface area (Å²) in [4.78, 5) is 28.6. The topological polar surface area (TPSA) is 103 Å². The third-order valence-electron chi connectivity index (χ3n) is 5.03. The predicted octanol–water partition coefficient (Wildman–Crippen LogP) is 2.52. The van der Waals surface area contributed by atoms with Gasteiger partial charge in [-0.1, -0.05) is 5.16 Å². The molecule has 8 heteroatoms. The number of nitrogens with one attached hydrogen (secondary N) is 1. The first-order chi connectivity index (χ1) is 13.6. The number of hydrogen-bond donors (Lipinski definition) is 1. The van der Waals surface area contributed by atoms with Crippen LogP contribution in [-0.2, 0) is 0 Å². The Morgan fingerprint density at radius 2 is 2.04 bits per heavy atom. The number of rotatable bonds is 4. The van der Waals surface area contributed by atoms with Gasteiger partial charge in [0.15, 0.2) is 11.5 Å². The smallest absolute Gasteiger partial charge is 0.273 e. The third kappa shape index (κ3) is 3.85. The lowest BCUT2D eigenvalue weighted by atomic mass is 9.91. The molecule has 3 aromatic rings. The number of aromatic nitrogens is 4. The summed E-state index contributed by atoms with van der Waals surface area (Å²) in [7, 11) is 0. The number of hydrogen-bond acceptors (Lipinski definition) is 6. The second-order valence-corrected chi connectivity index (χ2v) is 7.05. The lowest BCUT2D eigenvalue weighted by Crippen LogP contribution is -2.39. The van der Waals surface area contributed by atoms with Gasteiger partial charge in [0.25, 0.3) is 11.5 Å². The number of carbonyl (C=O) groups is 1. The third-order valence-corrected chi connectivity index (χ3v) is 5.03. The summed E-state index contributed by atoms with van der Waals surface area (Å²) in [6.45, 7) is 1.87. The van der Waals surface area contributed by atoms with Crippen molar-refractivity contribution in [2.24, 2.45) is 0 Å². The molecule has 1 N–H and O–H groups in total. The SMILES string of the molecule is Cc1ccc(=O)n(C2CCC(NC(=O)c3cc(-c4cccnc4)on3)CC2)n1. The van der Waals surface area contributed by atoms with Crippen LogP contribution in [0.2, 0.25) is 0 Å². The van der Waals surface area contributed by atoms with Gasteiger partial charge in [0.05, 0.1) is 11.7 Å². The summed E-state index contributed by atoms with van der Waals surface area (Å²) in [5, 5.41) is 11.2. The van der Waals surface area contributed by atoms with Gasteiger partial charge in [-0.2, -0.15) is 5.10 Å². The number of amides is 1. The largest absolute Gasteiger partial charge is 0.355 e. The van der Waals surface area contributed by atoms with E-state index in [2.05, 4.69) is 20.6 Å². The number of nitrogens with zero attached hydrogens (tertiary/aromatic N) is 4. The van der Waals surface area contributed by atoms with E-state index in [4.69, 9.17) is 4.52 Å². The monoisotopic (exact) mass is 379 g/mol. The molecule has 3 heterocycles. The zero-order valence-electron chi connectivity index (χ0n) is 15.5. The lowest BCUT2D eigenvalue weighted by Gasteiger charge is -2.29. The van der Waals surface area contributed by atoms with E-state index in [0.717, 1.165) is 36.9 Å². The fourth-order valence-electron chi connectivity index (χ4n) is 3.53. The molecule has 0 spiro atoms. The Hall–Kier alpha value is -3.29. The number of carbonyl (C=O) groups excluding carboxylic acids is 1. The Morgan fingerprint density at radius 3 is 2.79 bits per heavy atom. The van der Waals surface area contributed by atoms with Gasteiger partial charge < -0.3 is 9.84 Å². The van der Waals surface area contributed by atoms with Crippen molar-refractivity contribution in [3.05, 3.63) is 64.5 Å². The van der Waals surface area contributed by atoms with Crippen molar-refractivity contribution in [1.82, 2.24) is 25.2 Å². The van der Waals surface area contributed by atoms with Gasteiger partial charge in [-0.15, -0.1) is 0 Å². The molecule has 4 rings (SSSR count). The highest BCUT2D eigenvalue weighted by Crippen LogP contribution is 2.27. The van der Waals surface area contributed by atoms with E-state index >= 15 is 0 Å². The van der Waals surface area contributed by atoms with Crippen molar-refractivity contribution in [2.75, 3.05) is 0 Å². The molecule has 0 unspecified atom stereocenters. The number of aryl methyl sites for hydroxylation is 1. The molecule has 1 aliphatic rings. The quantitative estimate of drug-likeness (QED) is 0.747. The fourth-order valence-corrected chi connectivity index (χ4v) is 3.53. The van der Waals surface area contributed by atoms with Gasteiger partial charge in [-0.25, -0.2) is 4.68 Å². The maximum absolute atomic E-state index is 12.5. The Kier molecular flexibility index (Phi) is 5.01. The maximum Gasteiger partial charge on any atom is 0.273 e. The second kappa shape index (κ2) is 7.75. The van der Waals surface area contributed by atoms with Crippen LogP contribution < -0.4 is 10.9 Å². The molecular weight excluding hydrogens is 358 g/mol. The second-order valence-electron chi connectivity index (χ2n) is 7.05. The molecule has 1 aliphatic carbocycles. The average Bonchev–Trinajstić information content (AvgIpc) is 3.22. The molecule has 1 fully saturated rings. The van der Waals surface area contributed by atoms with Crippen LogP contribution >= 0.6 is 0 Å². The highest BCUT2D eigenvalue weighted by atomic mass is 16.5. The minimum atomic E-state index is -0.256. The Balaban J connectivity index is 1.36. The van der Waals surface area contributed by atoms with Gasteiger partial charge in [-0.3, -0.25) is 14.6 Å². The van der Waals surface area contributed by atoms with Gasteiger partial charge in [0.2, 0.25) is 0 Å². The summed E-state index contributed by atoms with van der Waals surface area (Å²) < 4.78 is 6.84. The summed E-state index contributed by atoms with van der Waals surface area (Å²) in [6.07, 6.45) is 6.48. The van der Waals surface area contributed by atoms with Crippen LogP contribution in [0.25, 0.3) is 11.3 Å². The minimum absolute atomic E-state index is 0.0443. The lowest BCUT2D eigenvalue weighted by molar-refractivity contribution is 0.0912. The summed E-state index contributed by atoms with van der Waals surface area (Å²) in [6, 6.07) is 8.66. The van der Waals surface area contributed by atoms with E-state index in [0.29, 0.717) is 5.76 Å². The molecule has 0 atom stereocenters. The van der Waals surface area contributed by atoms with Gasteiger partial charge in [-0.05, 0) is 50.8 Å². The van der Waals surface area contributed by atoms with Crippen LogP contribution in [-0.4, -0.2) is 31.9 Å². The first-order valence-corrected chi connectivity index (χ1v) is 9.34. The van der Waals surface area contributed by atoms with Gasteiger partial charge in [0, 0.05) is 36.1 Å². The van der Waals surface area contributed by atoms with Crippen LogP contribution in [0.15, 0.2) is 52.0 Å². The van der Waals surface area contributed by atoms with Crippen molar-refractivity contribution >= 4 is 5.91 Å². The van der Waals surface area contributed by atoms with E-state index in [-0.39, 0.29) is 29.2 Å². The predicted molar refractivity (Wildman–Crippen MR) is 102 cm³/mol. The minimum Gasteiger partial charge on any atom is -0.355 e. The zero-order valence-corrected chi connectivity index (χ0v) is 15.5. The van der Waals surface area contributed by atoms with E-state index in [9.17, 15) is 9.59 Å². The average molecular weight is 379 g/mol. The van der Waals surface area contributed by atoms with Crippen molar-refractivity contribution in [2.45, 2.75) is 44.7 Å². The Bertz CT molecular complexity index is 1020. The molecule has 28 heavy (non-hydrogen) atoms. The molecule has 8 nitrogen and oxygen atoms in total. The molecule has 1 saturated carbocycles. The van der Waals surface area contributed by atoms with Crippen molar-refractivity contribution < 1.29 is 9.32 Å². The molecular formula is C20H21N5O3. The van der Waals surface area contributed by atoms with Crippen LogP contribution in [0.4, 0.5) is 0 Å². The molecule has 0 bridgehead atoms. The summed E-state index contributed by atoms with van der Waals surface area (Å²) in [5.74, 6) is 0.250. The van der Waals surface area contributed by atoms with Crippen molar-refractivity contribution in [3.63, 3.8) is 0 Å². The first kappa shape index (κ1) is 18.1. The molecule has 0 aliphatic heterocycles. The highest BCUT2D eigenvalue weighted by Gasteiger charge is 2.26. The fraction of sp³-hybridized carbons (Fsp3) is 0.350. The van der Waals surface area contributed by atoms with Crippen LogP contribution in [0, 0.1) is 6.92 Å². The Morgan fingerprint density at radius 1 is 1.21 bits per heavy atom. The van der Waals surface area contributed by atoms with Gasteiger partial charge in [0.1, 0.15) is 0 Å². The molecule has 0 radical (unpaired) electrons. The first-order valence-electron chi connectivity index (χ1n) is 9.34. The maximum atomic E-state index is 12.5. The van der Waals surface area contributed by atoms with E-state index in [1.54, 1.807) is 41.3 Å². The van der Waals surface area contributed by atoms with Crippen LogP contribution in [0.3, 0.4) is 0 Å². The van der Waals surface area contributed by atoms with Crippen molar-refractivity contribution in [3.8, 4) is 11.3 Å². The summed E-state index contributed by atoms with van der Waals surface area (Å²) in [5.41, 5.74) is 1.76. The number of pyridine rings is 1. The van der Waals surface area contributed by atoms with Gasteiger partial charge >= 0.3 is 0 Å².